The van der Waals surface area contributed by atoms with Crippen LogP contribution < -0.4 is 0 Å². The van der Waals surface area contributed by atoms with Gasteiger partial charge in [-0.2, -0.15) is 0 Å². The molecule has 3 fully saturated rings. The standard InChI is InChI=1S/C30H52/c1-7-9-23-16-18-29(5)24(20-23)12-13-25-27-15-14-26(22(4)11-8-10-21(2)3)30(27,6)19-17-28(25)29/h12,21-23,25-28H,7-11,13-20H2,1-6H3/t22-,23+,25+,26-,27+,28+,29+,30-/m1/s1. The Labute approximate surface area is 189 Å². The molecular weight excluding hydrogens is 360 g/mol. The predicted octanol–water partition coefficient (Wildman–Crippen LogP) is 9.44. The summed E-state index contributed by atoms with van der Waals surface area (Å²) in [5.74, 6) is 6.79. The van der Waals surface area contributed by atoms with E-state index in [-0.39, 0.29) is 0 Å². The summed E-state index contributed by atoms with van der Waals surface area (Å²) in [7, 11) is 0. The van der Waals surface area contributed by atoms with Crippen LogP contribution in [0.15, 0.2) is 11.6 Å². The topological polar surface area (TPSA) is 0 Å². The van der Waals surface area contributed by atoms with Crippen molar-refractivity contribution in [1.82, 2.24) is 0 Å². The lowest BCUT2D eigenvalue weighted by Crippen LogP contribution is -2.50. The van der Waals surface area contributed by atoms with Crippen LogP contribution in [0.5, 0.6) is 0 Å². The minimum absolute atomic E-state index is 0.551. The summed E-state index contributed by atoms with van der Waals surface area (Å²) >= 11 is 0. The molecule has 0 bridgehead atoms. The molecule has 0 saturated heterocycles. The van der Waals surface area contributed by atoms with E-state index in [1.165, 1.54) is 83.5 Å². The van der Waals surface area contributed by atoms with E-state index in [9.17, 15) is 0 Å². The average molecular weight is 413 g/mol. The molecule has 0 heteroatoms. The third kappa shape index (κ3) is 3.96. The highest BCUT2D eigenvalue weighted by molar-refractivity contribution is 5.25. The lowest BCUT2D eigenvalue weighted by atomic mass is 9.46. The number of hydrogen-bond acceptors (Lipinski definition) is 0. The summed E-state index contributed by atoms with van der Waals surface area (Å²) in [5.41, 5.74) is 3.09. The van der Waals surface area contributed by atoms with Gasteiger partial charge in [-0.25, -0.2) is 0 Å². The first-order chi connectivity index (χ1) is 14.3. The molecule has 0 aromatic carbocycles. The van der Waals surface area contributed by atoms with Gasteiger partial charge in [0.2, 0.25) is 0 Å². The van der Waals surface area contributed by atoms with E-state index in [1.54, 1.807) is 0 Å². The minimum atomic E-state index is 0.551. The largest absolute Gasteiger partial charge is 0.0845 e. The molecular formula is C30H52. The van der Waals surface area contributed by atoms with Gasteiger partial charge in [0.25, 0.3) is 0 Å². The van der Waals surface area contributed by atoms with Gasteiger partial charge in [0.05, 0.1) is 0 Å². The minimum Gasteiger partial charge on any atom is -0.0845 e. The van der Waals surface area contributed by atoms with Crippen molar-refractivity contribution >= 4 is 0 Å². The Balaban J connectivity index is 1.47. The zero-order chi connectivity index (χ0) is 21.5. The van der Waals surface area contributed by atoms with Gasteiger partial charge in [-0.15, -0.1) is 0 Å². The molecule has 0 amide bonds. The van der Waals surface area contributed by atoms with Gasteiger partial charge in [-0.3, -0.25) is 0 Å². The first-order valence-electron chi connectivity index (χ1n) is 14.0. The molecule has 4 rings (SSSR count). The maximum Gasteiger partial charge on any atom is -0.00851 e. The van der Waals surface area contributed by atoms with E-state index in [0.29, 0.717) is 10.8 Å². The quantitative estimate of drug-likeness (QED) is 0.365. The second-order valence-electron chi connectivity index (χ2n) is 13.2. The van der Waals surface area contributed by atoms with Crippen LogP contribution >= 0.6 is 0 Å². The zero-order valence-electron chi connectivity index (χ0n) is 21.3. The summed E-state index contributed by atoms with van der Waals surface area (Å²) in [6.45, 7) is 15.2. The van der Waals surface area contributed by atoms with E-state index < -0.39 is 0 Å². The smallest absolute Gasteiger partial charge is 0.00851 e. The molecule has 8 atom stereocenters. The van der Waals surface area contributed by atoms with Crippen molar-refractivity contribution in [3.63, 3.8) is 0 Å². The SMILES string of the molecule is CCC[C@H]1CC[C@@]2(C)C(=CC[C@H]3[C@@H]4CC[C@H]([C@H](C)CCCC(C)C)[C@@]4(C)CC[C@@H]32)C1. The highest BCUT2D eigenvalue weighted by Gasteiger charge is 2.59. The average Bonchev–Trinajstić information content (AvgIpc) is 3.05. The lowest BCUT2D eigenvalue weighted by molar-refractivity contribution is -0.0529. The third-order valence-corrected chi connectivity index (χ3v) is 11.1. The van der Waals surface area contributed by atoms with Gasteiger partial charge in [0.1, 0.15) is 0 Å². The van der Waals surface area contributed by atoms with Crippen LogP contribution in [0.4, 0.5) is 0 Å². The number of allylic oxidation sites excluding steroid dienone is 2. The Bertz CT molecular complexity index is 614. The molecule has 0 spiro atoms. The van der Waals surface area contributed by atoms with Crippen LogP contribution in [0.2, 0.25) is 0 Å². The molecule has 0 nitrogen and oxygen atoms in total. The zero-order valence-corrected chi connectivity index (χ0v) is 21.3. The fraction of sp³-hybridized carbons (Fsp3) is 0.933. The first-order valence-corrected chi connectivity index (χ1v) is 14.0. The van der Waals surface area contributed by atoms with Crippen molar-refractivity contribution in [2.24, 2.45) is 52.3 Å². The van der Waals surface area contributed by atoms with Crippen molar-refractivity contribution in [1.29, 1.82) is 0 Å². The van der Waals surface area contributed by atoms with Crippen LogP contribution in [0.3, 0.4) is 0 Å². The van der Waals surface area contributed by atoms with Gasteiger partial charge in [-0.1, -0.05) is 85.3 Å². The summed E-state index contributed by atoms with van der Waals surface area (Å²) in [5, 5.41) is 0. The van der Waals surface area contributed by atoms with E-state index in [1.807, 2.05) is 5.57 Å². The molecule has 0 aromatic rings. The van der Waals surface area contributed by atoms with E-state index in [4.69, 9.17) is 0 Å². The van der Waals surface area contributed by atoms with Crippen LogP contribution in [-0.4, -0.2) is 0 Å². The van der Waals surface area contributed by atoms with E-state index >= 15 is 0 Å². The molecule has 30 heavy (non-hydrogen) atoms. The number of rotatable bonds is 7. The molecule has 4 aliphatic rings. The first kappa shape index (κ1) is 22.9. The summed E-state index contributed by atoms with van der Waals surface area (Å²) in [6.07, 6.45) is 21.9. The van der Waals surface area contributed by atoms with Gasteiger partial charge in [-0.05, 0) is 104 Å². The Morgan fingerprint density at radius 3 is 2.50 bits per heavy atom. The molecule has 0 radical (unpaired) electrons. The van der Waals surface area contributed by atoms with Crippen molar-refractivity contribution in [2.45, 2.75) is 125 Å². The maximum atomic E-state index is 2.79. The Kier molecular flexibility index (Phi) is 6.83. The van der Waals surface area contributed by atoms with Crippen molar-refractivity contribution in [3.8, 4) is 0 Å². The Morgan fingerprint density at radius 1 is 0.967 bits per heavy atom. The van der Waals surface area contributed by atoms with Crippen LogP contribution in [0.1, 0.15) is 125 Å². The highest BCUT2D eigenvalue weighted by Crippen LogP contribution is 2.67. The van der Waals surface area contributed by atoms with Crippen molar-refractivity contribution < 1.29 is 0 Å². The van der Waals surface area contributed by atoms with Crippen LogP contribution in [0.25, 0.3) is 0 Å². The second-order valence-corrected chi connectivity index (χ2v) is 13.2. The molecule has 4 aliphatic carbocycles. The monoisotopic (exact) mass is 412 g/mol. The molecule has 3 saturated carbocycles. The second kappa shape index (κ2) is 8.94. The highest BCUT2D eigenvalue weighted by atomic mass is 14.6. The summed E-state index contributed by atoms with van der Waals surface area (Å²) < 4.78 is 0. The molecule has 0 N–H and O–H groups in total. The van der Waals surface area contributed by atoms with Gasteiger partial charge in [0.15, 0.2) is 0 Å². The summed E-state index contributed by atoms with van der Waals surface area (Å²) in [4.78, 5) is 0. The van der Waals surface area contributed by atoms with Crippen LogP contribution in [-0.2, 0) is 0 Å². The number of fused-ring (bicyclic) bond motifs is 5. The van der Waals surface area contributed by atoms with Gasteiger partial charge in [0, 0.05) is 0 Å². The Hall–Kier alpha value is -0.260. The van der Waals surface area contributed by atoms with Gasteiger partial charge < -0.3 is 0 Å². The van der Waals surface area contributed by atoms with Gasteiger partial charge >= 0.3 is 0 Å². The Morgan fingerprint density at radius 2 is 1.77 bits per heavy atom. The fourth-order valence-electron chi connectivity index (χ4n) is 9.42. The van der Waals surface area contributed by atoms with E-state index in [0.717, 1.165) is 41.4 Å². The number of hydrogen-bond donors (Lipinski definition) is 0. The van der Waals surface area contributed by atoms with Crippen molar-refractivity contribution in [2.75, 3.05) is 0 Å². The van der Waals surface area contributed by atoms with Crippen molar-refractivity contribution in [3.05, 3.63) is 11.6 Å². The normalized spacial score (nSPS) is 44.2. The third-order valence-electron chi connectivity index (χ3n) is 11.1. The fourth-order valence-corrected chi connectivity index (χ4v) is 9.42. The molecule has 0 aromatic heterocycles. The molecule has 0 heterocycles. The predicted molar refractivity (Wildman–Crippen MR) is 131 cm³/mol. The molecule has 0 aliphatic heterocycles. The lowest BCUT2D eigenvalue weighted by Gasteiger charge is -2.58. The molecule has 0 unspecified atom stereocenters. The van der Waals surface area contributed by atoms with E-state index in [2.05, 4.69) is 47.6 Å². The summed E-state index contributed by atoms with van der Waals surface area (Å²) in [6, 6.07) is 0. The molecule has 172 valence electrons. The maximum absolute atomic E-state index is 2.79. The van der Waals surface area contributed by atoms with Crippen LogP contribution in [0, 0.1) is 52.3 Å².